The normalized spacial score (nSPS) is 12.3. The van der Waals surface area contributed by atoms with Crippen molar-refractivity contribution in [3.05, 3.63) is 47.9 Å². The van der Waals surface area contributed by atoms with E-state index in [1.165, 1.54) is 0 Å². The molecular weight excluding hydrogens is 348 g/mol. The van der Waals surface area contributed by atoms with Crippen molar-refractivity contribution in [1.82, 2.24) is 10.2 Å². The molecule has 0 saturated heterocycles. The Bertz CT molecular complexity index is 717. The first-order chi connectivity index (χ1) is 13.3. The number of hydrogen-bond acceptors (Lipinski definition) is 6. The van der Waals surface area contributed by atoms with Crippen molar-refractivity contribution in [3.8, 4) is 11.5 Å². The molecule has 0 saturated carbocycles. The van der Waals surface area contributed by atoms with E-state index in [4.69, 9.17) is 18.6 Å². The summed E-state index contributed by atoms with van der Waals surface area (Å²) in [4.78, 5) is 14.5. The van der Waals surface area contributed by atoms with Gasteiger partial charge in [-0.25, -0.2) is 0 Å². The highest BCUT2D eigenvalue weighted by molar-refractivity contribution is 5.78. The fraction of sp³-hybridized carbons (Fsp3) is 0.450. The maximum Gasteiger partial charge on any atom is 0.237 e. The predicted octanol–water partition coefficient (Wildman–Crippen LogP) is 2.55. The summed E-state index contributed by atoms with van der Waals surface area (Å²) in [5.41, 5.74) is 0.982. The van der Waals surface area contributed by atoms with Crippen LogP contribution in [-0.2, 0) is 22.6 Å². The van der Waals surface area contributed by atoms with Crippen molar-refractivity contribution < 1.29 is 23.4 Å². The van der Waals surface area contributed by atoms with Crippen LogP contribution < -0.4 is 14.8 Å². The maximum absolute atomic E-state index is 12.7. The number of nitrogens with one attached hydrogen (secondary N) is 1. The van der Waals surface area contributed by atoms with Crippen LogP contribution in [0, 0.1) is 0 Å². The highest BCUT2D eigenvalue weighted by Gasteiger charge is 2.18. The Balaban J connectivity index is 1.57. The largest absolute Gasteiger partial charge is 0.467 e. The second-order valence-electron chi connectivity index (χ2n) is 6.24. The molecule has 1 amide bonds. The first-order valence-corrected chi connectivity index (χ1v) is 9.23. The van der Waals surface area contributed by atoms with Crippen LogP contribution in [0.15, 0.2) is 41.0 Å². The molecule has 1 aliphatic rings. The fourth-order valence-corrected chi connectivity index (χ4v) is 2.83. The van der Waals surface area contributed by atoms with E-state index >= 15 is 0 Å². The summed E-state index contributed by atoms with van der Waals surface area (Å²) in [5, 5.41) is 3.19. The quantitative estimate of drug-likeness (QED) is 0.610. The molecule has 0 unspecified atom stereocenters. The zero-order valence-electron chi connectivity index (χ0n) is 15.6. The van der Waals surface area contributed by atoms with Crippen molar-refractivity contribution in [2.45, 2.75) is 26.4 Å². The van der Waals surface area contributed by atoms with Gasteiger partial charge in [0.2, 0.25) is 12.7 Å². The molecule has 0 aliphatic carbocycles. The molecule has 2 aromatic rings. The SMILES string of the molecule is CCOCCCNCC(=O)N(Cc1ccc2c(c1)OCO2)Cc1ccco1. The number of amides is 1. The molecule has 0 spiro atoms. The van der Waals surface area contributed by atoms with Gasteiger partial charge in [-0.05, 0) is 49.7 Å². The highest BCUT2D eigenvalue weighted by Crippen LogP contribution is 2.32. The smallest absolute Gasteiger partial charge is 0.237 e. The molecule has 0 radical (unpaired) electrons. The Kier molecular flexibility index (Phi) is 7.12. The van der Waals surface area contributed by atoms with Crippen molar-refractivity contribution >= 4 is 5.91 Å². The van der Waals surface area contributed by atoms with Crippen LogP contribution in [0.1, 0.15) is 24.7 Å². The van der Waals surface area contributed by atoms with Gasteiger partial charge < -0.3 is 28.8 Å². The third-order valence-corrected chi connectivity index (χ3v) is 4.21. The van der Waals surface area contributed by atoms with Gasteiger partial charge in [-0.3, -0.25) is 4.79 Å². The van der Waals surface area contributed by atoms with E-state index in [2.05, 4.69) is 5.32 Å². The lowest BCUT2D eigenvalue weighted by atomic mass is 10.2. The van der Waals surface area contributed by atoms with Crippen LogP contribution in [0.25, 0.3) is 0 Å². The van der Waals surface area contributed by atoms with Gasteiger partial charge in [0.05, 0.1) is 19.4 Å². The van der Waals surface area contributed by atoms with Gasteiger partial charge in [-0.15, -0.1) is 0 Å². The molecule has 1 aromatic heterocycles. The van der Waals surface area contributed by atoms with Crippen LogP contribution >= 0.6 is 0 Å². The molecule has 1 aromatic carbocycles. The minimum absolute atomic E-state index is 0.0143. The fourth-order valence-electron chi connectivity index (χ4n) is 2.83. The summed E-state index contributed by atoms with van der Waals surface area (Å²) in [6.45, 7) is 5.52. The van der Waals surface area contributed by atoms with Gasteiger partial charge in [0, 0.05) is 19.8 Å². The van der Waals surface area contributed by atoms with Gasteiger partial charge in [0.15, 0.2) is 11.5 Å². The van der Waals surface area contributed by atoms with Crippen LogP contribution in [0.3, 0.4) is 0 Å². The Morgan fingerprint density at radius 3 is 2.93 bits per heavy atom. The summed E-state index contributed by atoms with van der Waals surface area (Å²) < 4.78 is 21.5. The summed E-state index contributed by atoms with van der Waals surface area (Å²) in [6, 6.07) is 9.44. The molecule has 2 heterocycles. The average Bonchev–Trinajstić information content (AvgIpc) is 3.35. The Hall–Kier alpha value is -2.51. The summed E-state index contributed by atoms with van der Waals surface area (Å²) >= 11 is 0. The number of benzene rings is 1. The molecule has 0 atom stereocenters. The highest BCUT2D eigenvalue weighted by atomic mass is 16.7. The second-order valence-corrected chi connectivity index (χ2v) is 6.24. The third kappa shape index (κ3) is 5.74. The number of hydrogen-bond donors (Lipinski definition) is 1. The van der Waals surface area contributed by atoms with Crippen molar-refractivity contribution in [2.24, 2.45) is 0 Å². The monoisotopic (exact) mass is 374 g/mol. The summed E-state index contributed by atoms with van der Waals surface area (Å²) in [6.07, 6.45) is 2.49. The van der Waals surface area contributed by atoms with Crippen molar-refractivity contribution in [3.63, 3.8) is 0 Å². The number of nitrogens with zero attached hydrogens (tertiary/aromatic N) is 1. The standard InChI is InChI=1S/C20H26N2O5/c1-2-24-9-4-8-21-12-20(23)22(14-17-5-3-10-25-17)13-16-6-7-18-19(11-16)27-15-26-18/h3,5-7,10-11,21H,2,4,8-9,12-15H2,1H3. The lowest BCUT2D eigenvalue weighted by molar-refractivity contribution is -0.131. The van der Waals surface area contributed by atoms with Gasteiger partial charge in [0.25, 0.3) is 0 Å². The molecule has 1 N–H and O–H groups in total. The van der Waals surface area contributed by atoms with Crippen molar-refractivity contribution in [1.29, 1.82) is 0 Å². The lowest BCUT2D eigenvalue weighted by Gasteiger charge is -2.22. The average molecular weight is 374 g/mol. The molecule has 7 heteroatoms. The molecule has 27 heavy (non-hydrogen) atoms. The van der Waals surface area contributed by atoms with Gasteiger partial charge in [-0.2, -0.15) is 0 Å². The summed E-state index contributed by atoms with van der Waals surface area (Å²) in [7, 11) is 0. The zero-order valence-corrected chi connectivity index (χ0v) is 15.6. The number of furan rings is 1. The minimum Gasteiger partial charge on any atom is -0.467 e. The molecule has 1 aliphatic heterocycles. The molecular formula is C20H26N2O5. The van der Waals surface area contributed by atoms with Gasteiger partial charge in [0.1, 0.15) is 5.76 Å². The van der Waals surface area contributed by atoms with E-state index in [0.29, 0.717) is 32.1 Å². The zero-order chi connectivity index (χ0) is 18.9. The number of carbonyl (C=O) groups is 1. The lowest BCUT2D eigenvalue weighted by Crippen LogP contribution is -2.37. The molecule has 7 nitrogen and oxygen atoms in total. The summed E-state index contributed by atoms with van der Waals surface area (Å²) in [5.74, 6) is 2.21. The Morgan fingerprint density at radius 2 is 2.11 bits per heavy atom. The van der Waals surface area contributed by atoms with Crippen LogP contribution in [0.4, 0.5) is 0 Å². The first kappa shape index (κ1) is 19.3. The van der Waals surface area contributed by atoms with Crippen molar-refractivity contribution in [2.75, 3.05) is 33.1 Å². The van der Waals surface area contributed by atoms with E-state index in [1.54, 1.807) is 11.2 Å². The molecule has 0 fully saturated rings. The predicted molar refractivity (Wildman–Crippen MR) is 99.5 cm³/mol. The number of rotatable bonds is 11. The van der Waals surface area contributed by atoms with Gasteiger partial charge >= 0.3 is 0 Å². The molecule has 0 bridgehead atoms. The van der Waals surface area contributed by atoms with Gasteiger partial charge in [-0.1, -0.05) is 6.07 Å². The maximum atomic E-state index is 12.7. The number of ether oxygens (including phenoxy) is 3. The molecule has 3 rings (SSSR count). The number of fused-ring (bicyclic) bond motifs is 1. The Morgan fingerprint density at radius 1 is 1.22 bits per heavy atom. The van der Waals surface area contributed by atoms with E-state index in [-0.39, 0.29) is 19.2 Å². The first-order valence-electron chi connectivity index (χ1n) is 9.23. The van der Waals surface area contributed by atoms with E-state index in [0.717, 1.165) is 30.0 Å². The topological polar surface area (TPSA) is 73.2 Å². The molecule has 146 valence electrons. The van der Waals surface area contributed by atoms with E-state index in [9.17, 15) is 4.79 Å². The Labute approximate surface area is 159 Å². The van der Waals surface area contributed by atoms with Crippen LogP contribution in [-0.4, -0.2) is 43.9 Å². The second kappa shape index (κ2) is 9.99. The van der Waals surface area contributed by atoms with E-state index in [1.807, 2.05) is 37.3 Å². The van der Waals surface area contributed by atoms with Crippen LogP contribution in [0.5, 0.6) is 11.5 Å². The third-order valence-electron chi connectivity index (χ3n) is 4.21. The van der Waals surface area contributed by atoms with E-state index < -0.39 is 0 Å². The van der Waals surface area contributed by atoms with Crippen LogP contribution in [0.2, 0.25) is 0 Å². The number of carbonyl (C=O) groups excluding carboxylic acids is 1. The minimum atomic E-state index is 0.0143.